The fraction of sp³-hybridized carbons (Fsp3) is 0.125. The van der Waals surface area contributed by atoms with E-state index in [1.165, 1.54) is 0 Å². The Morgan fingerprint density at radius 1 is 1.45 bits per heavy atom. The third-order valence-corrected chi connectivity index (χ3v) is 1.97. The lowest BCUT2D eigenvalue weighted by Crippen LogP contribution is -1.79. The molecule has 0 saturated heterocycles. The zero-order chi connectivity index (χ0) is 7.68. The number of para-hydroxylation sites is 1. The van der Waals surface area contributed by atoms with Crippen molar-refractivity contribution in [1.82, 2.24) is 9.97 Å². The van der Waals surface area contributed by atoms with Crippen molar-refractivity contribution >= 4 is 22.6 Å². The van der Waals surface area contributed by atoms with Gasteiger partial charge in [-0.15, -0.1) is 11.6 Å². The van der Waals surface area contributed by atoms with E-state index >= 15 is 0 Å². The first-order valence-electron chi connectivity index (χ1n) is 3.39. The van der Waals surface area contributed by atoms with E-state index in [0.29, 0.717) is 5.88 Å². The van der Waals surface area contributed by atoms with Crippen LogP contribution in [0.5, 0.6) is 0 Å². The van der Waals surface area contributed by atoms with Gasteiger partial charge in [0.05, 0.1) is 17.4 Å². The summed E-state index contributed by atoms with van der Waals surface area (Å²) in [6.45, 7) is 0. The Hall–Kier alpha value is -1.02. The molecular weight excluding hydrogens is 160 g/mol. The monoisotopic (exact) mass is 166 g/mol. The third kappa shape index (κ3) is 0.994. The number of rotatable bonds is 1. The van der Waals surface area contributed by atoms with Crippen LogP contribution in [-0.2, 0) is 5.88 Å². The van der Waals surface area contributed by atoms with Crippen LogP contribution < -0.4 is 0 Å². The molecule has 0 radical (unpaired) electrons. The Morgan fingerprint density at radius 2 is 2.36 bits per heavy atom. The molecule has 0 amide bonds. The molecule has 0 spiro atoms. The predicted octanol–water partition coefficient (Wildman–Crippen LogP) is 2.30. The normalized spacial score (nSPS) is 10.6. The number of imidazole rings is 1. The number of aromatic amines is 1. The van der Waals surface area contributed by atoms with Crippen LogP contribution in [0.2, 0.25) is 0 Å². The van der Waals surface area contributed by atoms with Crippen molar-refractivity contribution < 1.29 is 0 Å². The first-order valence-corrected chi connectivity index (χ1v) is 3.92. The average molecular weight is 167 g/mol. The van der Waals surface area contributed by atoms with Gasteiger partial charge in [-0.2, -0.15) is 0 Å². The lowest BCUT2D eigenvalue weighted by molar-refractivity contribution is 1.33. The average Bonchev–Trinajstić information content (AvgIpc) is 2.50. The van der Waals surface area contributed by atoms with Gasteiger partial charge in [-0.1, -0.05) is 12.1 Å². The van der Waals surface area contributed by atoms with Crippen LogP contribution in [0.3, 0.4) is 0 Å². The van der Waals surface area contributed by atoms with Crippen LogP contribution in [0.1, 0.15) is 5.56 Å². The van der Waals surface area contributed by atoms with Gasteiger partial charge in [-0.3, -0.25) is 0 Å². The molecule has 1 aromatic carbocycles. The van der Waals surface area contributed by atoms with Crippen LogP contribution in [0.15, 0.2) is 24.5 Å². The van der Waals surface area contributed by atoms with Gasteiger partial charge in [0.2, 0.25) is 0 Å². The molecule has 2 rings (SSSR count). The molecule has 1 N–H and O–H groups in total. The van der Waals surface area contributed by atoms with Gasteiger partial charge in [-0.05, 0) is 11.6 Å². The number of hydrogen-bond donors (Lipinski definition) is 1. The zero-order valence-corrected chi connectivity index (χ0v) is 6.60. The second-order valence-electron chi connectivity index (χ2n) is 2.35. The van der Waals surface area contributed by atoms with E-state index in [2.05, 4.69) is 9.97 Å². The summed E-state index contributed by atoms with van der Waals surface area (Å²) in [4.78, 5) is 7.16. The molecule has 2 aromatic rings. The highest BCUT2D eigenvalue weighted by atomic mass is 35.5. The number of nitrogens with one attached hydrogen (secondary N) is 1. The fourth-order valence-electron chi connectivity index (χ4n) is 1.14. The summed E-state index contributed by atoms with van der Waals surface area (Å²) in [6, 6.07) is 5.91. The van der Waals surface area contributed by atoms with Gasteiger partial charge in [0.25, 0.3) is 0 Å². The maximum Gasteiger partial charge on any atom is 0.0931 e. The molecule has 0 unspecified atom stereocenters. The molecule has 1 aromatic heterocycles. The topological polar surface area (TPSA) is 28.7 Å². The van der Waals surface area contributed by atoms with Gasteiger partial charge in [0.1, 0.15) is 0 Å². The van der Waals surface area contributed by atoms with Crippen LogP contribution >= 0.6 is 11.6 Å². The van der Waals surface area contributed by atoms with Crippen molar-refractivity contribution in [3.63, 3.8) is 0 Å². The Balaban J connectivity index is 2.79. The van der Waals surface area contributed by atoms with Crippen molar-refractivity contribution in [1.29, 1.82) is 0 Å². The van der Waals surface area contributed by atoms with E-state index in [1.807, 2.05) is 18.2 Å². The van der Waals surface area contributed by atoms with E-state index in [1.54, 1.807) is 6.33 Å². The number of H-pyrrole nitrogens is 1. The minimum Gasteiger partial charge on any atom is -0.344 e. The molecule has 0 aliphatic heterocycles. The number of nitrogens with zero attached hydrogens (tertiary/aromatic N) is 1. The summed E-state index contributed by atoms with van der Waals surface area (Å²) in [5.41, 5.74) is 3.12. The summed E-state index contributed by atoms with van der Waals surface area (Å²) in [5.74, 6) is 0.527. The van der Waals surface area contributed by atoms with Crippen molar-refractivity contribution in [3.05, 3.63) is 30.1 Å². The minimum absolute atomic E-state index is 0.527. The van der Waals surface area contributed by atoms with Gasteiger partial charge < -0.3 is 4.98 Å². The van der Waals surface area contributed by atoms with Crippen molar-refractivity contribution in [2.45, 2.75) is 5.88 Å². The predicted molar refractivity (Wildman–Crippen MR) is 45.7 cm³/mol. The Labute approximate surface area is 69.2 Å². The van der Waals surface area contributed by atoms with Crippen LogP contribution in [0.25, 0.3) is 11.0 Å². The first kappa shape index (κ1) is 6.68. The summed E-state index contributed by atoms with van der Waals surface area (Å²) < 4.78 is 0. The molecule has 1 heterocycles. The van der Waals surface area contributed by atoms with E-state index in [9.17, 15) is 0 Å². The molecule has 11 heavy (non-hydrogen) atoms. The Morgan fingerprint density at radius 3 is 3.18 bits per heavy atom. The van der Waals surface area contributed by atoms with E-state index in [-0.39, 0.29) is 0 Å². The smallest absolute Gasteiger partial charge is 0.0931 e. The maximum absolute atomic E-state index is 5.72. The maximum atomic E-state index is 5.72. The molecule has 3 heteroatoms. The molecule has 0 bridgehead atoms. The van der Waals surface area contributed by atoms with Crippen molar-refractivity contribution in [2.75, 3.05) is 0 Å². The SMILES string of the molecule is ClCc1cccc2nc[nH]c12. The standard InChI is InChI=1S/C8H7ClN2/c9-4-6-2-1-3-7-8(6)11-5-10-7/h1-3,5H,4H2,(H,10,11). The Kier molecular flexibility index (Phi) is 1.55. The summed E-state index contributed by atoms with van der Waals surface area (Å²) in [7, 11) is 0. The van der Waals surface area contributed by atoms with Gasteiger partial charge in [-0.25, -0.2) is 4.98 Å². The van der Waals surface area contributed by atoms with E-state index < -0.39 is 0 Å². The highest BCUT2D eigenvalue weighted by molar-refractivity contribution is 6.17. The van der Waals surface area contributed by atoms with E-state index in [4.69, 9.17) is 11.6 Å². The van der Waals surface area contributed by atoms with Crippen molar-refractivity contribution in [3.8, 4) is 0 Å². The molecule has 0 atom stereocenters. The van der Waals surface area contributed by atoms with Crippen molar-refractivity contribution in [2.24, 2.45) is 0 Å². The number of hydrogen-bond acceptors (Lipinski definition) is 1. The number of halogens is 1. The molecule has 0 fully saturated rings. The number of fused-ring (bicyclic) bond motifs is 1. The first-order chi connectivity index (χ1) is 5.42. The Bertz CT molecular complexity index is 367. The molecule has 0 aliphatic carbocycles. The molecule has 2 nitrogen and oxygen atoms in total. The van der Waals surface area contributed by atoms with Crippen LogP contribution in [0, 0.1) is 0 Å². The second kappa shape index (κ2) is 2.55. The zero-order valence-electron chi connectivity index (χ0n) is 5.84. The molecule has 0 aliphatic rings. The van der Waals surface area contributed by atoms with Gasteiger partial charge in [0, 0.05) is 5.88 Å². The highest BCUT2D eigenvalue weighted by Gasteiger charge is 1.99. The van der Waals surface area contributed by atoms with Crippen LogP contribution in [0.4, 0.5) is 0 Å². The highest BCUT2D eigenvalue weighted by Crippen LogP contribution is 2.15. The van der Waals surface area contributed by atoms with E-state index in [0.717, 1.165) is 16.6 Å². The second-order valence-corrected chi connectivity index (χ2v) is 2.61. The van der Waals surface area contributed by atoms with Crippen LogP contribution in [-0.4, -0.2) is 9.97 Å². The number of benzene rings is 1. The fourth-order valence-corrected chi connectivity index (χ4v) is 1.36. The minimum atomic E-state index is 0.527. The van der Waals surface area contributed by atoms with Gasteiger partial charge >= 0.3 is 0 Å². The lowest BCUT2D eigenvalue weighted by Gasteiger charge is -1.94. The quantitative estimate of drug-likeness (QED) is 0.647. The third-order valence-electron chi connectivity index (χ3n) is 1.69. The lowest BCUT2D eigenvalue weighted by atomic mass is 10.2. The molecule has 56 valence electrons. The number of alkyl halides is 1. The molecule has 0 saturated carbocycles. The summed E-state index contributed by atoms with van der Waals surface area (Å²) >= 11 is 5.72. The number of aromatic nitrogens is 2. The summed E-state index contributed by atoms with van der Waals surface area (Å²) in [5, 5.41) is 0. The summed E-state index contributed by atoms with van der Waals surface area (Å²) in [6.07, 6.45) is 1.68. The van der Waals surface area contributed by atoms with Gasteiger partial charge in [0.15, 0.2) is 0 Å². The largest absolute Gasteiger partial charge is 0.344 e. The molecular formula is C8H7ClN2.